The Labute approximate surface area is 184 Å². The van der Waals surface area contributed by atoms with E-state index in [0.717, 1.165) is 11.1 Å². The van der Waals surface area contributed by atoms with Crippen LogP contribution in [0.1, 0.15) is 24.2 Å². The lowest BCUT2D eigenvalue weighted by Crippen LogP contribution is -2.19. The molecule has 9 heteroatoms. The first-order valence-corrected chi connectivity index (χ1v) is 10.0. The number of imidazole rings is 1. The molecule has 0 aliphatic rings. The highest BCUT2D eigenvalue weighted by molar-refractivity contribution is 5.93. The first-order chi connectivity index (χ1) is 15.7. The van der Waals surface area contributed by atoms with Gasteiger partial charge in [0.25, 0.3) is 0 Å². The van der Waals surface area contributed by atoms with Gasteiger partial charge in [-0.05, 0) is 18.1 Å². The lowest BCUT2D eigenvalue weighted by Gasteiger charge is -2.19. The van der Waals surface area contributed by atoms with Crippen LogP contribution in [0.5, 0.6) is 0 Å². The molecule has 9 nitrogen and oxygen atoms in total. The Morgan fingerprint density at radius 1 is 0.969 bits per heavy atom. The summed E-state index contributed by atoms with van der Waals surface area (Å²) < 4.78 is 12.3. The third-order valence-electron chi connectivity index (χ3n) is 4.66. The maximum absolute atomic E-state index is 12.8. The van der Waals surface area contributed by atoms with Gasteiger partial charge in [-0.25, -0.2) is 19.7 Å². The second-order valence-electron chi connectivity index (χ2n) is 6.80. The van der Waals surface area contributed by atoms with Gasteiger partial charge in [-0.3, -0.25) is 10.1 Å². The van der Waals surface area contributed by atoms with Crippen LogP contribution in [0.25, 0.3) is 11.2 Å². The van der Waals surface area contributed by atoms with Crippen molar-refractivity contribution in [3.8, 4) is 0 Å². The van der Waals surface area contributed by atoms with Crippen LogP contribution < -0.4 is 5.32 Å². The Kier molecular flexibility index (Phi) is 6.35. The molecule has 0 saturated heterocycles. The Morgan fingerprint density at radius 2 is 1.62 bits per heavy atom. The third-order valence-corrected chi connectivity index (χ3v) is 4.66. The van der Waals surface area contributed by atoms with Gasteiger partial charge < -0.3 is 14.0 Å². The van der Waals surface area contributed by atoms with Crippen molar-refractivity contribution in [2.75, 3.05) is 11.9 Å². The zero-order chi connectivity index (χ0) is 22.3. The summed E-state index contributed by atoms with van der Waals surface area (Å²) in [5.74, 6) is -0.227. The van der Waals surface area contributed by atoms with Gasteiger partial charge in [0.2, 0.25) is 0 Å². The molecule has 0 spiro atoms. The fourth-order valence-corrected chi connectivity index (χ4v) is 3.25. The minimum atomic E-state index is -0.692. The predicted molar refractivity (Wildman–Crippen MR) is 117 cm³/mol. The number of aromatic nitrogens is 4. The topological polar surface area (TPSA) is 108 Å². The molecule has 0 aliphatic heterocycles. The molecule has 32 heavy (non-hydrogen) atoms. The first kappa shape index (κ1) is 21.0. The quantitative estimate of drug-likeness (QED) is 0.444. The summed E-state index contributed by atoms with van der Waals surface area (Å²) in [4.78, 5) is 37.1. The summed E-state index contributed by atoms with van der Waals surface area (Å²) >= 11 is 0. The van der Waals surface area contributed by atoms with Gasteiger partial charge in [-0.2, -0.15) is 0 Å². The highest BCUT2D eigenvalue weighted by atomic mass is 16.6. The molecule has 0 saturated carbocycles. The van der Waals surface area contributed by atoms with E-state index >= 15 is 0 Å². The van der Waals surface area contributed by atoms with E-state index < -0.39 is 18.2 Å². The van der Waals surface area contributed by atoms with Crippen molar-refractivity contribution >= 4 is 29.0 Å². The van der Waals surface area contributed by atoms with Crippen LogP contribution in [-0.2, 0) is 20.8 Å². The average Bonchev–Trinajstić information content (AvgIpc) is 3.22. The summed E-state index contributed by atoms with van der Waals surface area (Å²) in [6.07, 6.45) is 1.44. The molecular formula is C23H21N5O4. The number of hydrogen-bond acceptors (Lipinski definition) is 7. The number of nitrogens with one attached hydrogen (secondary N) is 1. The SMILES string of the molecule is CCOC(=O)Cn1cnc2c(NC(=O)OC(c3ccccc3)c3ccccc3)ncnc21. The number of hydrogen-bond donors (Lipinski definition) is 1. The van der Waals surface area contributed by atoms with Crippen molar-refractivity contribution in [1.29, 1.82) is 0 Å². The number of carbonyl (C=O) groups is 2. The third kappa shape index (κ3) is 4.72. The second kappa shape index (κ2) is 9.69. The summed E-state index contributed by atoms with van der Waals surface area (Å²) in [6.45, 7) is 1.97. The number of fused-ring (bicyclic) bond motifs is 1. The largest absolute Gasteiger partial charge is 0.465 e. The van der Waals surface area contributed by atoms with E-state index in [1.807, 2.05) is 60.7 Å². The predicted octanol–water partition coefficient (Wildman–Crippen LogP) is 3.73. The molecule has 2 aromatic heterocycles. The molecule has 162 valence electrons. The maximum atomic E-state index is 12.8. The highest BCUT2D eigenvalue weighted by Gasteiger charge is 2.21. The molecule has 0 atom stereocenters. The van der Waals surface area contributed by atoms with E-state index in [9.17, 15) is 9.59 Å². The van der Waals surface area contributed by atoms with Crippen molar-refractivity contribution in [3.05, 3.63) is 84.4 Å². The molecule has 4 rings (SSSR count). The average molecular weight is 431 g/mol. The number of nitrogens with zero attached hydrogens (tertiary/aromatic N) is 4. The molecule has 0 fully saturated rings. The van der Waals surface area contributed by atoms with Crippen molar-refractivity contribution in [2.24, 2.45) is 0 Å². The molecule has 2 heterocycles. The van der Waals surface area contributed by atoms with Gasteiger partial charge >= 0.3 is 12.1 Å². The van der Waals surface area contributed by atoms with Crippen molar-refractivity contribution in [2.45, 2.75) is 19.6 Å². The number of amides is 1. The summed E-state index contributed by atoms with van der Waals surface area (Å²) in [6, 6.07) is 18.9. The summed E-state index contributed by atoms with van der Waals surface area (Å²) in [5, 5.41) is 2.64. The van der Waals surface area contributed by atoms with Crippen molar-refractivity contribution in [3.63, 3.8) is 0 Å². The Hall–Kier alpha value is -4.27. The zero-order valence-corrected chi connectivity index (χ0v) is 17.3. The van der Waals surface area contributed by atoms with Crippen molar-refractivity contribution in [1.82, 2.24) is 19.5 Å². The molecule has 4 aromatic rings. The summed E-state index contributed by atoms with van der Waals surface area (Å²) in [7, 11) is 0. The second-order valence-corrected chi connectivity index (χ2v) is 6.80. The van der Waals surface area contributed by atoms with Gasteiger partial charge in [-0.1, -0.05) is 60.7 Å². The number of ether oxygens (including phenoxy) is 2. The molecule has 2 aromatic carbocycles. The minimum Gasteiger partial charge on any atom is -0.465 e. The van der Waals surface area contributed by atoms with Crippen LogP contribution in [0, 0.1) is 0 Å². The fraction of sp³-hybridized carbons (Fsp3) is 0.174. The number of benzene rings is 2. The van der Waals surface area contributed by atoms with Gasteiger partial charge in [0.15, 0.2) is 23.1 Å². The van der Waals surface area contributed by atoms with Crippen LogP contribution in [0.15, 0.2) is 73.3 Å². The Balaban J connectivity index is 1.55. The van der Waals surface area contributed by atoms with E-state index in [-0.39, 0.29) is 19.0 Å². The highest BCUT2D eigenvalue weighted by Crippen LogP contribution is 2.27. The van der Waals surface area contributed by atoms with E-state index in [1.165, 1.54) is 17.2 Å². The van der Waals surface area contributed by atoms with Gasteiger partial charge in [-0.15, -0.1) is 0 Å². The van der Waals surface area contributed by atoms with Crippen LogP contribution in [-0.4, -0.2) is 38.2 Å². The monoisotopic (exact) mass is 431 g/mol. The van der Waals surface area contributed by atoms with Gasteiger partial charge in [0.1, 0.15) is 12.9 Å². The molecular weight excluding hydrogens is 410 g/mol. The number of anilines is 1. The zero-order valence-electron chi connectivity index (χ0n) is 17.3. The number of esters is 1. The van der Waals surface area contributed by atoms with E-state index in [0.29, 0.717) is 11.2 Å². The standard InChI is InChI=1S/C23H21N5O4/c1-2-31-18(29)13-28-15-26-19-21(24-14-25-22(19)28)27-23(30)32-20(16-9-5-3-6-10-16)17-11-7-4-8-12-17/h3-12,14-15,20H,2,13H2,1H3,(H,24,25,27,30). The molecule has 1 N–H and O–H groups in total. The van der Waals surface area contributed by atoms with E-state index in [1.54, 1.807) is 6.92 Å². The molecule has 1 amide bonds. The fourth-order valence-electron chi connectivity index (χ4n) is 3.25. The smallest absolute Gasteiger partial charge is 0.413 e. The normalized spacial score (nSPS) is 10.8. The molecule has 0 bridgehead atoms. The maximum Gasteiger partial charge on any atom is 0.413 e. The van der Waals surface area contributed by atoms with Crippen LogP contribution >= 0.6 is 0 Å². The number of rotatable bonds is 7. The Morgan fingerprint density at radius 3 is 2.25 bits per heavy atom. The minimum absolute atomic E-state index is 0.0463. The Bertz CT molecular complexity index is 1170. The van der Waals surface area contributed by atoms with Crippen molar-refractivity contribution < 1.29 is 19.1 Å². The molecule has 0 unspecified atom stereocenters. The molecule has 0 radical (unpaired) electrons. The lowest BCUT2D eigenvalue weighted by molar-refractivity contribution is -0.143. The summed E-state index contributed by atoms with van der Waals surface area (Å²) in [5.41, 5.74) is 2.40. The number of carbonyl (C=O) groups excluding carboxylic acids is 2. The van der Waals surface area contributed by atoms with Crippen LogP contribution in [0.4, 0.5) is 10.6 Å². The molecule has 0 aliphatic carbocycles. The van der Waals surface area contributed by atoms with E-state index in [2.05, 4.69) is 20.3 Å². The lowest BCUT2D eigenvalue weighted by atomic mass is 10.0. The van der Waals surface area contributed by atoms with E-state index in [4.69, 9.17) is 9.47 Å². The van der Waals surface area contributed by atoms with Crippen LogP contribution in [0.3, 0.4) is 0 Å². The van der Waals surface area contributed by atoms with Gasteiger partial charge in [0.05, 0.1) is 12.9 Å². The van der Waals surface area contributed by atoms with Gasteiger partial charge in [0, 0.05) is 0 Å². The van der Waals surface area contributed by atoms with Crippen LogP contribution in [0.2, 0.25) is 0 Å². The first-order valence-electron chi connectivity index (χ1n) is 10.0.